The molecule has 0 amide bonds. The molecule has 19 heavy (non-hydrogen) atoms. The van der Waals surface area contributed by atoms with Gasteiger partial charge >= 0.3 is 0 Å². The normalized spacial score (nSPS) is 27.4. The number of nitrogens with one attached hydrogen (secondary N) is 1. The number of halogens is 1. The lowest BCUT2D eigenvalue weighted by atomic mass is 9.86. The molecule has 2 heterocycles. The van der Waals surface area contributed by atoms with Crippen molar-refractivity contribution in [2.24, 2.45) is 11.8 Å². The van der Waals surface area contributed by atoms with Crippen LogP contribution in [0.2, 0.25) is 5.28 Å². The minimum atomic E-state index is 0.249. The molecule has 0 aliphatic carbocycles. The zero-order chi connectivity index (χ0) is 14.0. The van der Waals surface area contributed by atoms with Gasteiger partial charge in [0.05, 0.1) is 0 Å². The molecule has 3 unspecified atom stereocenters. The summed E-state index contributed by atoms with van der Waals surface area (Å²) in [5.74, 6) is 2.50. The summed E-state index contributed by atoms with van der Waals surface area (Å²) in [6, 6.07) is 0.421. The Balaban J connectivity index is 2.28. The molecule has 1 aliphatic rings. The van der Waals surface area contributed by atoms with Crippen LogP contribution in [0.1, 0.15) is 34.1 Å². The molecule has 3 atom stereocenters. The molecule has 1 fully saturated rings. The smallest absolute Gasteiger partial charge is 0.231 e. The van der Waals surface area contributed by atoms with Crippen LogP contribution in [-0.2, 0) is 0 Å². The van der Waals surface area contributed by atoms with E-state index in [4.69, 9.17) is 11.6 Å². The predicted octanol–water partition coefficient (Wildman–Crippen LogP) is 2.83. The topological polar surface area (TPSA) is 53.9 Å². The van der Waals surface area contributed by atoms with Crippen molar-refractivity contribution in [2.75, 3.05) is 23.3 Å². The first-order chi connectivity index (χ1) is 9.01. The fourth-order valence-electron chi connectivity index (χ4n) is 2.68. The van der Waals surface area contributed by atoms with Crippen LogP contribution >= 0.6 is 11.6 Å². The van der Waals surface area contributed by atoms with Gasteiger partial charge in [0.1, 0.15) is 0 Å². The van der Waals surface area contributed by atoms with Gasteiger partial charge in [0.15, 0.2) is 0 Å². The molecule has 0 aromatic carbocycles. The summed E-state index contributed by atoms with van der Waals surface area (Å²) in [7, 11) is 0. The van der Waals surface area contributed by atoms with E-state index in [-0.39, 0.29) is 5.28 Å². The van der Waals surface area contributed by atoms with Gasteiger partial charge in [-0.15, -0.1) is 0 Å². The van der Waals surface area contributed by atoms with Crippen molar-refractivity contribution < 1.29 is 0 Å². The number of hydrogen-bond donors (Lipinski definition) is 1. The fourth-order valence-corrected chi connectivity index (χ4v) is 2.84. The number of nitrogens with zero attached hydrogens (tertiary/aromatic N) is 4. The van der Waals surface area contributed by atoms with E-state index in [0.29, 0.717) is 29.8 Å². The van der Waals surface area contributed by atoms with Crippen LogP contribution in [0.3, 0.4) is 0 Å². The van der Waals surface area contributed by atoms with Crippen molar-refractivity contribution in [1.29, 1.82) is 0 Å². The molecule has 5 nitrogen and oxygen atoms in total. The van der Waals surface area contributed by atoms with Crippen molar-refractivity contribution in [3.05, 3.63) is 5.28 Å². The maximum atomic E-state index is 6.00. The van der Waals surface area contributed by atoms with Crippen LogP contribution in [0.15, 0.2) is 0 Å². The Bertz CT molecular complexity index is 439. The first-order valence-corrected chi connectivity index (χ1v) is 7.31. The lowest BCUT2D eigenvalue weighted by Crippen LogP contribution is -2.46. The van der Waals surface area contributed by atoms with Crippen molar-refractivity contribution >= 4 is 23.5 Å². The summed E-state index contributed by atoms with van der Waals surface area (Å²) < 4.78 is 0. The summed E-state index contributed by atoms with van der Waals surface area (Å²) in [5.41, 5.74) is 0. The monoisotopic (exact) mass is 283 g/mol. The molecule has 1 aliphatic heterocycles. The molecule has 1 saturated heterocycles. The summed E-state index contributed by atoms with van der Waals surface area (Å²) in [6.45, 7) is 10.5. The Labute approximate surface area is 119 Å². The Hall–Kier alpha value is -1.10. The van der Waals surface area contributed by atoms with Gasteiger partial charge in [-0.05, 0) is 43.7 Å². The minimum Gasteiger partial charge on any atom is -0.354 e. The molecule has 1 aromatic rings. The second-order valence-electron chi connectivity index (χ2n) is 5.47. The Kier molecular flexibility index (Phi) is 4.45. The first kappa shape index (κ1) is 14.3. The second kappa shape index (κ2) is 5.90. The van der Waals surface area contributed by atoms with Gasteiger partial charge < -0.3 is 10.2 Å². The van der Waals surface area contributed by atoms with Crippen LogP contribution < -0.4 is 10.2 Å². The Morgan fingerprint density at radius 3 is 2.68 bits per heavy atom. The second-order valence-corrected chi connectivity index (χ2v) is 5.81. The summed E-state index contributed by atoms with van der Waals surface area (Å²) in [4.78, 5) is 15.1. The number of hydrogen-bond acceptors (Lipinski definition) is 5. The third-order valence-corrected chi connectivity index (χ3v) is 3.95. The zero-order valence-corrected chi connectivity index (χ0v) is 12.8. The van der Waals surface area contributed by atoms with E-state index in [1.807, 2.05) is 6.92 Å². The van der Waals surface area contributed by atoms with Crippen LogP contribution in [0.4, 0.5) is 11.9 Å². The fraction of sp³-hybridized carbons (Fsp3) is 0.769. The van der Waals surface area contributed by atoms with Gasteiger partial charge in [-0.2, -0.15) is 15.0 Å². The highest BCUT2D eigenvalue weighted by Gasteiger charge is 2.30. The molecule has 0 radical (unpaired) electrons. The third-order valence-electron chi connectivity index (χ3n) is 3.79. The quantitative estimate of drug-likeness (QED) is 0.924. The van der Waals surface area contributed by atoms with E-state index in [0.717, 1.165) is 13.1 Å². The van der Waals surface area contributed by atoms with Crippen molar-refractivity contribution in [2.45, 2.75) is 40.2 Å². The molecular formula is C13H22ClN5. The minimum absolute atomic E-state index is 0.249. The highest BCUT2D eigenvalue weighted by atomic mass is 35.5. The molecule has 106 valence electrons. The third kappa shape index (κ3) is 3.26. The number of rotatable bonds is 3. The molecule has 0 spiro atoms. The van der Waals surface area contributed by atoms with Crippen LogP contribution in [0.25, 0.3) is 0 Å². The molecule has 0 bridgehead atoms. The zero-order valence-electron chi connectivity index (χ0n) is 12.0. The molecular weight excluding hydrogens is 262 g/mol. The van der Waals surface area contributed by atoms with Gasteiger partial charge in [0.25, 0.3) is 0 Å². The Morgan fingerprint density at radius 1 is 1.26 bits per heavy atom. The maximum Gasteiger partial charge on any atom is 0.231 e. The van der Waals surface area contributed by atoms with Gasteiger partial charge in [-0.3, -0.25) is 0 Å². The predicted molar refractivity (Wildman–Crippen MR) is 78.8 cm³/mol. The van der Waals surface area contributed by atoms with E-state index < -0.39 is 0 Å². The van der Waals surface area contributed by atoms with E-state index in [2.05, 4.69) is 45.9 Å². The van der Waals surface area contributed by atoms with E-state index in [9.17, 15) is 0 Å². The summed E-state index contributed by atoms with van der Waals surface area (Å²) >= 11 is 6.00. The number of aromatic nitrogens is 3. The van der Waals surface area contributed by atoms with Gasteiger partial charge in [-0.1, -0.05) is 13.8 Å². The molecule has 6 heteroatoms. The lowest BCUT2D eigenvalue weighted by molar-refractivity contribution is 0.293. The van der Waals surface area contributed by atoms with Crippen LogP contribution in [0.5, 0.6) is 0 Å². The van der Waals surface area contributed by atoms with Crippen molar-refractivity contribution in [3.63, 3.8) is 0 Å². The average molecular weight is 284 g/mol. The van der Waals surface area contributed by atoms with Gasteiger partial charge in [0.2, 0.25) is 17.2 Å². The Morgan fingerprint density at radius 2 is 2.00 bits per heavy atom. The summed E-state index contributed by atoms with van der Waals surface area (Å²) in [5, 5.41) is 3.34. The lowest BCUT2D eigenvalue weighted by Gasteiger charge is -2.41. The van der Waals surface area contributed by atoms with Crippen LogP contribution in [-0.4, -0.2) is 34.1 Å². The standard InChI is InChI=1S/C13H22ClN5/c1-5-15-12-16-11(14)17-13(18-12)19-7-8(2)6-9(3)10(19)4/h8-10H,5-7H2,1-4H3,(H,15,16,17,18). The van der Waals surface area contributed by atoms with Gasteiger partial charge in [0, 0.05) is 19.1 Å². The maximum absolute atomic E-state index is 6.00. The summed E-state index contributed by atoms with van der Waals surface area (Å²) in [6.07, 6.45) is 1.25. The van der Waals surface area contributed by atoms with Crippen LogP contribution in [0, 0.1) is 11.8 Å². The highest BCUT2D eigenvalue weighted by Crippen LogP contribution is 2.30. The highest BCUT2D eigenvalue weighted by molar-refractivity contribution is 6.28. The van der Waals surface area contributed by atoms with E-state index in [1.54, 1.807) is 0 Å². The van der Waals surface area contributed by atoms with E-state index in [1.165, 1.54) is 6.42 Å². The SMILES string of the molecule is CCNc1nc(Cl)nc(N2CC(C)CC(C)C2C)n1. The molecule has 1 N–H and O–H groups in total. The first-order valence-electron chi connectivity index (χ1n) is 6.93. The average Bonchev–Trinajstić information content (AvgIpc) is 2.33. The van der Waals surface area contributed by atoms with Gasteiger partial charge in [-0.25, -0.2) is 0 Å². The molecule has 2 rings (SSSR count). The number of anilines is 2. The molecule has 1 aromatic heterocycles. The van der Waals surface area contributed by atoms with Crippen molar-refractivity contribution in [3.8, 4) is 0 Å². The molecule has 0 saturated carbocycles. The van der Waals surface area contributed by atoms with Crippen molar-refractivity contribution in [1.82, 2.24) is 15.0 Å². The number of piperidine rings is 1. The van der Waals surface area contributed by atoms with E-state index >= 15 is 0 Å². The largest absolute Gasteiger partial charge is 0.354 e.